The van der Waals surface area contributed by atoms with Gasteiger partial charge >= 0.3 is 116 Å². The molecule has 1 aliphatic rings. The molecule has 1 fully saturated rings. The molecule has 1 rings (SSSR count). The average molecular weight is 390 g/mol. The molecule has 0 bridgehead atoms. The molecule has 0 radical (unpaired) electrons. The first-order valence-corrected chi connectivity index (χ1v) is 13.1. The van der Waals surface area contributed by atoms with Crippen LogP contribution in [0.15, 0.2) is 0 Å². The normalized spacial score (nSPS) is 19.2. The Hall–Kier alpha value is 0.319. The molecule has 0 N–H and O–H groups in total. The van der Waals surface area contributed by atoms with Crippen molar-refractivity contribution in [2.75, 3.05) is 11.8 Å². The standard InChI is InChI=1S/C6H12.2C2H3ClO2.Sn/c1-3-5-6-4-2;2*3-1-2(4)5;/h1-6H2;2*1H2,(H,4,5);/q;;;+2/p-2. The molecule has 0 aromatic carbocycles. The van der Waals surface area contributed by atoms with Crippen molar-refractivity contribution in [3.05, 3.63) is 0 Å². The van der Waals surface area contributed by atoms with Crippen LogP contribution >= 0.6 is 23.2 Å². The zero-order chi connectivity index (χ0) is 12.7. The summed E-state index contributed by atoms with van der Waals surface area (Å²) in [4.78, 5) is 22.7. The van der Waals surface area contributed by atoms with Crippen molar-refractivity contribution in [2.45, 2.75) is 34.6 Å². The molecule has 0 amide bonds. The molecule has 0 atom stereocenters. The molecule has 7 heteroatoms. The molecule has 0 aromatic heterocycles. The van der Waals surface area contributed by atoms with Gasteiger partial charge in [0.2, 0.25) is 0 Å². The van der Waals surface area contributed by atoms with Crippen LogP contribution in [0.2, 0.25) is 8.87 Å². The topological polar surface area (TPSA) is 52.6 Å². The minimum absolute atomic E-state index is 0.197. The quantitative estimate of drug-likeness (QED) is 0.547. The van der Waals surface area contributed by atoms with E-state index in [9.17, 15) is 9.59 Å². The maximum absolute atomic E-state index is 11.3. The Balaban J connectivity index is 2.73. The van der Waals surface area contributed by atoms with Crippen molar-refractivity contribution >= 4 is 54.3 Å². The van der Waals surface area contributed by atoms with Crippen molar-refractivity contribution in [3.8, 4) is 0 Å². The van der Waals surface area contributed by atoms with E-state index in [4.69, 9.17) is 29.4 Å². The molecule has 0 unspecified atom stereocenters. The molecule has 1 heterocycles. The second kappa shape index (κ2) is 7.69. The van der Waals surface area contributed by atoms with Gasteiger partial charge in [0, 0.05) is 0 Å². The Labute approximate surface area is 116 Å². The van der Waals surface area contributed by atoms with Crippen molar-refractivity contribution in [1.29, 1.82) is 0 Å². The first-order chi connectivity index (χ1) is 8.12. The Bertz CT molecular complexity index is 257. The van der Waals surface area contributed by atoms with Crippen LogP contribution in [0.5, 0.6) is 0 Å². The summed E-state index contributed by atoms with van der Waals surface area (Å²) in [5.74, 6) is -1.35. The van der Waals surface area contributed by atoms with Crippen LogP contribution in [0.3, 0.4) is 0 Å². The second-order valence-corrected chi connectivity index (χ2v) is 13.8. The molecule has 17 heavy (non-hydrogen) atoms. The zero-order valence-corrected chi connectivity index (χ0v) is 13.9. The molecule has 0 aliphatic carbocycles. The molecular formula is C10H16Cl2O4Sn. The summed E-state index contributed by atoms with van der Waals surface area (Å²) in [6, 6.07) is 0. The van der Waals surface area contributed by atoms with Gasteiger partial charge in [0.15, 0.2) is 0 Å². The summed E-state index contributed by atoms with van der Waals surface area (Å²) in [6.07, 6.45) is 4.08. The fourth-order valence-electron chi connectivity index (χ4n) is 1.96. The van der Waals surface area contributed by atoms with E-state index in [2.05, 4.69) is 0 Å². The number of rotatable bonds is 4. The van der Waals surface area contributed by atoms with E-state index in [0.717, 1.165) is 34.6 Å². The number of hydrogen-bond donors (Lipinski definition) is 0. The van der Waals surface area contributed by atoms with Crippen LogP contribution in [0.1, 0.15) is 25.7 Å². The summed E-state index contributed by atoms with van der Waals surface area (Å²) in [7, 11) is 0. The van der Waals surface area contributed by atoms with E-state index in [1.165, 1.54) is 0 Å². The first kappa shape index (κ1) is 15.4. The maximum atomic E-state index is 11.3. The van der Waals surface area contributed by atoms with Crippen molar-refractivity contribution in [1.82, 2.24) is 0 Å². The van der Waals surface area contributed by atoms with E-state index in [1.54, 1.807) is 0 Å². The molecule has 0 spiro atoms. The van der Waals surface area contributed by atoms with Crippen LogP contribution in [-0.4, -0.2) is 42.9 Å². The monoisotopic (exact) mass is 390 g/mol. The minimum atomic E-state index is -3.59. The van der Waals surface area contributed by atoms with E-state index in [1.807, 2.05) is 0 Å². The molecular weight excluding hydrogens is 374 g/mol. The van der Waals surface area contributed by atoms with Crippen molar-refractivity contribution in [2.24, 2.45) is 0 Å². The van der Waals surface area contributed by atoms with Crippen LogP contribution in [0.25, 0.3) is 0 Å². The van der Waals surface area contributed by atoms with Gasteiger partial charge in [0.25, 0.3) is 0 Å². The molecule has 0 aromatic rings. The van der Waals surface area contributed by atoms with E-state index in [-0.39, 0.29) is 11.8 Å². The molecule has 98 valence electrons. The van der Waals surface area contributed by atoms with Gasteiger partial charge in [-0.15, -0.1) is 0 Å². The third-order valence-electron chi connectivity index (χ3n) is 2.68. The predicted molar refractivity (Wildman–Crippen MR) is 67.5 cm³/mol. The summed E-state index contributed by atoms with van der Waals surface area (Å²) >= 11 is 7.28. The predicted octanol–water partition coefficient (Wildman–Crippen LogP) is 2.57. The Morgan fingerprint density at radius 2 is 1.29 bits per heavy atom. The third-order valence-corrected chi connectivity index (χ3v) is 12.9. The van der Waals surface area contributed by atoms with Crippen LogP contribution in [-0.2, 0) is 15.7 Å². The summed E-state index contributed by atoms with van der Waals surface area (Å²) in [5.41, 5.74) is 0. The van der Waals surface area contributed by atoms with Crippen LogP contribution in [0.4, 0.5) is 0 Å². The number of alkyl halides is 2. The van der Waals surface area contributed by atoms with Gasteiger partial charge in [0.1, 0.15) is 0 Å². The van der Waals surface area contributed by atoms with Gasteiger partial charge in [-0.05, 0) is 0 Å². The van der Waals surface area contributed by atoms with Gasteiger partial charge in [0.05, 0.1) is 0 Å². The molecule has 4 nitrogen and oxygen atoms in total. The van der Waals surface area contributed by atoms with Gasteiger partial charge in [-0.25, -0.2) is 0 Å². The summed E-state index contributed by atoms with van der Waals surface area (Å²) in [6.45, 7) is 0. The van der Waals surface area contributed by atoms with Crippen molar-refractivity contribution < 1.29 is 15.7 Å². The van der Waals surface area contributed by atoms with Gasteiger partial charge < -0.3 is 0 Å². The third kappa shape index (κ3) is 5.22. The Morgan fingerprint density at radius 1 is 0.882 bits per heavy atom. The fourth-order valence-corrected chi connectivity index (χ4v) is 11.9. The SMILES string of the molecule is O=C(CCl)[O][Sn]1([O]C(=O)CCl)[CH2]CCCC[CH2]1. The number of hydrogen-bond acceptors (Lipinski definition) is 4. The van der Waals surface area contributed by atoms with E-state index >= 15 is 0 Å². The second-order valence-electron chi connectivity index (χ2n) is 4.04. The van der Waals surface area contributed by atoms with Gasteiger partial charge in [-0.1, -0.05) is 0 Å². The Kier molecular flexibility index (Phi) is 6.95. The Morgan fingerprint density at radius 3 is 1.65 bits per heavy atom. The summed E-state index contributed by atoms with van der Waals surface area (Å²) < 4.78 is 12.3. The first-order valence-electron chi connectivity index (χ1n) is 5.67. The fraction of sp³-hybridized carbons (Fsp3) is 0.800. The van der Waals surface area contributed by atoms with Crippen LogP contribution < -0.4 is 0 Å². The van der Waals surface area contributed by atoms with E-state index in [0.29, 0.717) is 0 Å². The average Bonchev–Trinajstić information content (AvgIpc) is 2.54. The van der Waals surface area contributed by atoms with Crippen LogP contribution in [0, 0.1) is 0 Å². The van der Waals surface area contributed by atoms with Crippen molar-refractivity contribution in [3.63, 3.8) is 0 Å². The zero-order valence-electron chi connectivity index (χ0n) is 9.55. The van der Waals surface area contributed by atoms with Gasteiger partial charge in [-0.3, -0.25) is 0 Å². The number of carbonyl (C=O) groups is 2. The molecule has 1 saturated heterocycles. The molecule has 0 saturated carbocycles. The number of halogens is 2. The van der Waals surface area contributed by atoms with Gasteiger partial charge in [-0.2, -0.15) is 0 Å². The summed E-state index contributed by atoms with van der Waals surface area (Å²) in [5, 5.41) is 0. The number of carbonyl (C=O) groups excluding carboxylic acids is 2. The molecule has 1 aliphatic heterocycles. The van der Waals surface area contributed by atoms with E-state index < -0.39 is 31.1 Å².